The molecule has 1 aliphatic carbocycles. The number of rotatable bonds is 0. The molecule has 0 saturated heterocycles. The van der Waals surface area contributed by atoms with Crippen LogP contribution >= 0.6 is 17.0 Å². The molecule has 23 heavy (non-hydrogen) atoms. The molecular weight excluding hydrogens is 528 g/mol. The van der Waals surface area contributed by atoms with Gasteiger partial charge in [-0.25, -0.2) is 12.2 Å². The first-order valence-corrected chi connectivity index (χ1v) is 11.5. The van der Waals surface area contributed by atoms with Gasteiger partial charge in [-0.15, -0.1) is 36.1 Å². The second-order valence-corrected chi connectivity index (χ2v) is 6.96. The Morgan fingerprint density at radius 3 is 1.96 bits per heavy atom. The van der Waals surface area contributed by atoms with E-state index in [0.29, 0.717) is 0 Å². The molecule has 0 saturated carbocycles. The molecule has 129 valence electrons. The minimum Gasteiger partial charge on any atom is -0.168 e. The summed E-state index contributed by atoms with van der Waals surface area (Å²) >= 11 is -0.826. The summed E-state index contributed by atoms with van der Waals surface area (Å²) in [5, 5.41) is 2.66. The van der Waals surface area contributed by atoms with E-state index >= 15 is 0 Å². The number of hydrogen-bond acceptors (Lipinski definition) is 0. The Morgan fingerprint density at radius 1 is 1.00 bits per heavy atom. The molecule has 0 spiro atoms. The van der Waals surface area contributed by atoms with Gasteiger partial charge < -0.3 is 47.1 Å². The van der Waals surface area contributed by atoms with Crippen molar-refractivity contribution in [1.29, 1.82) is 0 Å². The molecule has 1 aliphatic rings. The van der Waals surface area contributed by atoms with Gasteiger partial charge in [0.15, 0.2) is 0 Å². The molecular formula is C17H21Cl4Zr2-4. The predicted molar refractivity (Wildman–Crippen MR) is 92.1 cm³/mol. The Labute approximate surface area is 193 Å². The molecule has 0 nitrogen and oxygen atoms in total. The molecule has 0 bridgehead atoms. The standard InChI is InChI=1S/C9H7.C5H5.3CH3.4ClH.2Zr/c1-2-5-9-7-3-6-8(9)4-1;1-2-4-5-3-1;;;;;;;;;/h1-7H;1-3H,4H2;3*1H3;4*1H;;/q5*-1;;;;;+2;+3/p-4. The maximum Gasteiger partial charge on any atom is 3.00 e. The molecule has 0 unspecified atom stereocenters. The van der Waals surface area contributed by atoms with Crippen LogP contribution in [0.1, 0.15) is 6.42 Å². The average molecular weight is 550 g/mol. The van der Waals surface area contributed by atoms with Crippen molar-refractivity contribution in [2.45, 2.75) is 6.42 Å². The van der Waals surface area contributed by atoms with Crippen LogP contribution in [0.2, 0.25) is 0 Å². The third-order valence-electron chi connectivity index (χ3n) is 2.13. The molecule has 0 fully saturated rings. The number of allylic oxidation sites excluding steroid dienone is 4. The number of halogens is 4. The molecule has 3 rings (SSSR count). The Kier molecular flexibility index (Phi) is 48.0. The van der Waals surface area contributed by atoms with Crippen LogP contribution in [0.4, 0.5) is 0 Å². The number of hydrogen-bond donors (Lipinski definition) is 0. The fraction of sp³-hybridized carbons (Fsp3) is 0.0588. The molecule has 0 N–H and O–H groups in total. The van der Waals surface area contributed by atoms with Crippen molar-refractivity contribution in [2.75, 3.05) is 0 Å². The Bertz CT molecular complexity index is 442. The minimum absolute atomic E-state index is 0. The van der Waals surface area contributed by atoms with Gasteiger partial charge in [-0.05, 0) is 0 Å². The van der Waals surface area contributed by atoms with Crippen LogP contribution in [0.5, 0.6) is 0 Å². The van der Waals surface area contributed by atoms with E-state index in [2.05, 4.69) is 54.6 Å². The molecule has 0 atom stereocenters. The molecule has 6 heteroatoms. The molecule has 0 aliphatic heterocycles. The van der Waals surface area contributed by atoms with Crippen molar-refractivity contribution in [3.8, 4) is 0 Å². The largest absolute Gasteiger partial charge is 3.00 e. The van der Waals surface area contributed by atoms with E-state index in [-0.39, 0.29) is 73.3 Å². The number of fused-ring (bicyclic) bond motifs is 1. The third-order valence-corrected chi connectivity index (χ3v) is 2.13. The summed E-state index contributed by atoms with van der Waals surface area (Å²) in [4.78, 5) is 0. The Balaban J connectivity index is -0.0000000464. The van der Waals surface area contributed by atoms with Crippen LogP contribution in [0, 0.1) is 28.4 Å². The molecule has 1 radical (unpaired) electrons. The first-order chi connectivity index (χ1) is 8.38. The van der Waals surface area contributed by atoms with Gasteiger partial charge >= 0.3 is 64.1 Å². The minimum atomic E-state index is -0.826. The Morgan fingerprint density at radius 2 is 1.57 bits per heavy atom. The third kappa shape index (κ3) is 19.4. The van der Waals surface area contributed by atoms with Gasteiger partial charge in [0.05, 0.1) is 0 Å². The van der Waals surface area contributed by atoms with Crippen LogP contribution in [-0.4, -0.2) is 0 Å². The monoisotopic (exact) mass is 545 g/mol. The van der Waals surface area contributed by atoms with Crippen molar-refractivity contribution in [3.63, 3.8) is 0 Å². The van der Waals surface area contributed by atoms with E-state index in [1.54, 1.807) is 0 Å². The van der Waals surface area contributed by atoms with Crippen LogP contribution in [0.3, 0.4) is 0 Å². The molecule has 2 aromatic carbocycles. The van der Waals surface area contributed by atoms with Crippen LogP contribution in [-0.2, 0) is 47.1 Å². The summed E-state index contributed by atoms with van der Waals surface area (Å²) in [6.45, 7) is 0. The number of benzene rings is 1. The van der Waals surface area contributed by atoms with Crippen molar-refractivity contribution in [2.24, 2.45) is 0 Å². The topological polar surface area (TPSA) is 0 Å². The molecule has 2 aromatic rings. The van der Waals surface area contributed by atoms with Gasteiger partial charge in [-0.2, -0.15) is 23.6 Å². The molecule has 0 aromatic heterocycles. The van der Waals surface area contributed by atoms with Gasteiger partial charge in [-0.1, -0.05) is 6.07 Å². The van der Waals surface area contributed by atoms with Gasteiger partial charge in [0.1, 0.15) is 0 Å². The SMILES string of the molecule is [C-]1=CC=CC1.[CH3-].[CH3-].[CH3-].[Cl-].[Cl-].[Cl][Zr][Cl].[Zr+3].c1ccc2[cH-]ccc2c1. The van der Waals surface area contributed by atoms with Gasteiger partial charge in [0.2, 0.25) is 0 Å². The summed E-state index contributed by atoms with van der Waals surface area (Å²) in [5.74, 6) is 0. The van der Waals surface area contributed by atoms with E-state index in [1.165, 1.54) is 10.8 Å². The first kappa shape index (κ1) is 39.3. The zero-order chi connectivity index (χ0) is 12.3. The summed E-state index contributed by atoms with van der Waals surface area (Å²) in [6, 6.07) is 14.7. The maximum absolute atomic E-state index is 4.93. The summed E-state index contributed by atoms with van der Waals surface area (Å²) in [7, 11) is 9.87. The zero-order valence-corrected chi connectivity index (χ0v) is 21.4. The van der Waals surface area contributed by atoms with Crippen molar-refractivity contribution >= 4 is 27.8 Å². The fourth-order valence-corrected chi connectivity index (χ4v) is 1.41. The van der Waals surface area contributed by atoms with Crippen molar-refractivity contribution in [3.05, 3.63) is 89.0 Å². The van der Waals surface area contributed by atoms with Crippen molar-refractivity contribution in [1.82, 2.24) is 0 Å². The van der Waals surface area contributed by atoms with E-state index in [0.717, 1.165) is 6.42 Å². The van der Waals surface area contributed by atoms with Crippen LogP contribution in [0.15, 0.2) is 60.7 Å². The van der Waals surface area contributed by atoms with E-state index in [4.69, 9.17) is 17.0 Å². The summed E-state index contributed by atoms with van der Waals surface area (Å²) in [6.07, 6.45) is 10.0. The second-order valence-electron chi connectivity index (χ2n) is 3.23. The maximum atomic E-state index is 4.93. The normalized spacial score (nSPS) is 8.43. The quantitative estimate of drug-likeness (QED) is 0.423. The smallest absolute Gasteiger partial charge is 0.168 e. The molecule has 0 heterocycles. The van der Waals surface area contributed by atoms with Crippen LogP contribution in [0.25, 0.3) is 10.8 Å². The van der Waals surface area contributed by atoms with E-state index in [9.17, 15) is 0 Å². The van der Waals surface area contributed by atoms with E-state index in [1.807, 2.05) is 12.2 Å². The predicted octanol–water partition coefficient (Wildman–Crippen LogP) is 0.597. The van der Waals surface area contributed by atoms with E-state index < -0.39 is 20.8 Å². The van der Waals surface area contributed by atoms with Crippen molar-refractivity contribution < 1.29 is 71.9 Å². The van der Waals surface area contributed by atoms with Gasteiger partial charge in [0, 0.05) is 0 Å². The fourth-order valence-electron chi connectivity index (χ4n) is 1.41. The Hall–Kier alpha value is 1.24. The summed E-state index contributed by atoms with van der Waals surface area (Å²) < 4.78 is 0. The van der Waals surface area contributed by atoms with Gasteiger partial charge in [-0.3, -0.25) is 6.08 Å². The van der Waals surface area contributed by atoms with Gasteiger partial charge in [0.25, 0.3) is 0 Å². The molecule has 0 amide bonds. The first-order valence-electron chi connectivity index (χ1n) is 5.17. The summed E-state index contributed by atoms with van der Waals surface area (Å²) in [5.41, 5.74) is 0. The zero-order valence-electron chi connectivity index (χ0n) is 13.5. The second kappa shape index (κ2) is 28.1. The van der Waals surface area contributed by atoms with Crippen LogP contribution < -0.4 is 24.8 Å². The average Bonchev–Trinajstić information content (AvgIpc) is 3.05.